The smallest absolute Gasteiger partial charge is 0.188 e. The number of phenolic OH excluding ortho intramolecular Hbond substituents is 1. The molecular formula is C53H63N5O4S2. The summed E-state index contributed by atoms with van der Waals surface area (Å²) in [5.41, 5.74) is 9.52. The van der Waals surface area contributed by atoms with Crippen molar-refractivity contribution in [3.8, 4) is 39.2 Å². The highest BCUT2D eigenvalue weighted by Crippen LogP contribution is 2.71. The van der Waals surface area contributed by atoms with Crippen molar-refractivity contribution in [2.24, 2.45) is 57.1 Å². The van der Waals surface area contributed by atoms with Gasteiger partial charge in [0.05, 0.1) is 26.6 Å². The minimum atomic E-state index is -1.08. The second-order valence-electron chi connectivity index (χ2n) is 19.9. The molecule has 3 saturated carbocycles. The number of nitrogens with zero attached hydrogens (tertiary/aromatic N) is 1. The van der Waals surface area contributed by atoms with Crippen LogP contribution >= 0.6 is 22.7 Å². The fourth-order valence-corrected chi connectivity index (χ4v) is 15.3. The van der Waals surface area contributed by atoms with E-state index in [-0.39, 0.29) is 71.1 Å². The number of carbonyl (C=O) groups excluding carboxylic acids is 1. The van der Waals surface area contributed by atoms with Gasteiger partial charge in [0.15, 0.2) is 11.7 Å². The van der Waals surface area contributed by atoms with E-state index in [0.29, 0.717) is 36.8 Å². The number of aromatic hydroxyl groups is 1. The van der Waals surface area contributed by atoms with Gasteiger partial charge in [-0.05, 0) is 167 Å². The molecule has 3 heterocycles. The topological polar surface area (TPSA) is 152 Å². The number of β-amino-alcohol motifs (C(OH)–C–C–N with tert-alkyl or cyclic N) is 1. The fraction of sp³-hybridized carbons (Fsp3) is 0.509. The lowest BCUT2D eigenvalue weighted by Gasteiger charge is -2.48. The molecule has 5 aliphatic rings. The van der Waals surface area contributed by atoms with Crippen molar-refractivity contribution in [1.29, 1.82) is 0 Å². The Labute approximate surface area is 386 Å². The zero-order chi connectivity index (χ0) is 44.8. The first-order chi connectivity index (χ1) is 30.9. The predicted molar refractivity (Wildman–Crippen MR) is 260 cm³/mol. The first kappa shape index (κ1) is 44.6. The van der Waals surface area contributed by atoms with Crippen LogP contribution in [0.4, 0.5) is 5.69 Å². The molecule has 336 valence electrons. The molecule has 8 N–H and O–H groups in total. The number of thiophene rings is 2. The van der Waals surface area contributed by atoms with E-state index in [1.807, 2.05) is 33.0 Å². The Hall–Kier alpha value is -4.62. The van der Waals surface area contributed by atoms with E-state index in [9.17, 15) is 15.3 Å². The van der Waals surface area contributed by atoms with Crippen LogP contribution in [-0.4, -0.2) is 72.5 Å². The fourth-order valence-electron chi connectivity index (χ4n) is 13.3. The first-order valence-corrected chi connectivity index (χ1v) is 24.8. The molecule has 9 nitrogen and oxygen atoms in total. The number of guanidine groups is 1. The van der Waals surface area contributed by atoms with Crippen LogP contribution in [0.1, 0.15) is 95.6 Å². The lowest BCUT2D eigenvalue weighted by atomic mass is 9.57. The third kappa shape index (κ3) is 8.51. The Morgan fingerprint density at radius 1 is 1.05 bits per heavy atom. The number of fused-ring (bicyclic) bond motifs is 7. The molecule has 2 aromatic carbocycles. The largest absolute Gasteiger partial charge is 0.508 e. The van der Waals surface area contributed by atoms with Crippen molar-refractivity contribution < 1.29 is 20.1 Å². The Morgan fingerprint density at radius 2 is 1.86 bits per heavy atom. The maximum atomic E-state index is 15.5. The number of hydrogen-bond acceptors (Lipinski definition) is 9. The number of aliphatic imine (C=N–C) groups is 1. The van der Waals surface area contributed by atoms with Crippen molar-refractivity contribution in [1.82, 2.24) is 10.6 Å². The average molecular weight is 898 g/mol. The summed E-state index contributed by atoms with van der Waals surface area (Å²) in [5.74, 6) is 14.9. The van der Waals surface area contributed by atoms with Gasteiger partial charge in [0.1, 0.15) is 5.75 Å². The molecule has 64 heavy (non-hydrogen) atoms. The van der Waals surface area contributed by atoms with Gasteiger partial charge in [0.25, 0.3) is 0 Å². The number of nitrogens with one attached hydrogen (secondary N) is 3. The van der Waals surface area contributed by atoms with Crippen molar-refractivity contribution in [3.63, 3.8) is 0 Å². The number of aliphatic hydroxyl groups excluding tert-OH is 1. The summed E-state index contributed by atoms with van der Waals surface area (Å²) in [6.45, 7) is 4.89. The second kappa shape index (κ2) is 18.0. The minimum Gasteiger partial charge on any atom is -0.508 e. The molecule has 0 radical (unpaired) electrons. The summed E-state index contributed by atoms with van der Waals surface area (Å²) in [7, 11) is 3.71. The number of ketones is 1. The molecule has 10 atom stereocenters. The summed E-state index contributed by atoms with van der Waals surface area (Å²) in [6, 6.07) is 20.4. The van der Waals surface area contributed by atoms with Gasteiger partial charge < -0.3 is 37.0 Å². The number of benzene rings is 2. The molecule has 2 spiro atoms. The van der Waals surface area contributed by atoms with Crippen LogP contribution in [0.15, 0.2) is 65.7 Å². The number of hydrogen-bond donors (Lipinski definition) is 7. The zero-order valence-electron chi connectivity index (χ0n) is 37.6. The van der Waals surface area contributed by atoms with E-state index < -0.39 is 5.60 Å². The van der Waals surface area contributed by atoms with Gasteiger partial charge >= 0.3 is 0 Å². The van der Waals surface area contributed by atoms with E-state index in [1.54, 1.807) is 35.8 Å². The molecule has 10 unspecified atom stereocenters. The second-order valence-corrected chi connectivity index (χ2v) is 22.1. The normalized spacial score (nSPS) is 32.0. The summed E-state index contributed by atoms with van der Waals surface area (Å²) < 4.78 is 0. The zero-order valence-corrected chi connectivity index (χ0v) is 39.2. The maximum absolute atomic E-state index is 15.5. The molecule has 2 aromatic heterocycles. The van der Waals surface area contributed by atoms with Gasteiger partial charge in [-0.3, -0.25) is 9.79 Å². The van der Waals surface area contributed by atoms with Gasteiger partial charge in [-0.15, -0.1) is 28.6 Å². The monoisotopic (exact) mass is 897 g/mol. The maximum Gasteiger partial charge on any atom is 0.188 e. The molecule has 0 amide bonds. The number of anilines is 1. The third-order valence-electron chi connectivity index (χ3n) is 15.8. The number of phenols is 1. The van der Waals surface area contributed by atoms with E-state index >= 15 is 4.79 Å². The molecule has 4 aliphatic carbocycles. The standard InChI is InChI=1S/C53H63N5O4S2/c1-5-7-39-12-15-46(63-39)47-16-17-48(64-47)49(61)41-14-11-35-26-52(41)27-42(53(30-52)19-18-36(28-55-3)43(53)29-59)34-10-13-40-37(23-44(35)58-50(54)56-4)22-38(60)24-45(40)57-31-51(2,62)25-33-9-6-8-32(20-33)21-34/h6,8-9,12,15-17,20,22,24,34-36,41-44,55,57,59-60,62H,11,14,18-19,21,23,25-31H2,1-4H3,(H3,54,56,58). The molecule has 3 fully saturated rings. The van der Waals surface area contributed by atoms with Crippen molar-refractivity contribution in [3.05, 3.63) is 92.7 Å². The van der Waals surface area contributed by atoms with E-state index in [0.717, 1.165) is 87.7 Å². The SMILES string of the molecule is CC#Cc1ccc(-c2ccc(C(=O)C3CCC4CC35CC(C3C#Cc6c(cc(O)cc6NCC(C)(O)Cc6cccc(c6)C3)CC4NC(N)=NC)C3(CCC(CNC)C3CO)C5)s2)s1. The molecule has 4 aromatic rings. The van der Waals surface area contributed by atoms with Crippen LogP contribution in [0, 0.1) is 70.0 Å². The third-order valence-corrected chi connectivity index (χ3v) is 18.1. The average Bonchev–Trinajstić information content (AvgIpc) is 4.08. The summed E-state index contributed by atoms with van der Waals surface area (Å²) in [6.07, 6.45) is 7.77. The summed E-state index contributed by atoms with van der Waals surface area (Å²) >= 11 is 3.27. The molecule has 9 rings (SSSR count). The molecule has 1 aliphatic heterocycles. The van der Waals surface area contributed by atoms with E-state index in [4.69, 9.17) is 5.73 Å². The number of nitrogens with two attached hydrogens (primary N) is 1. The van der Waals surface area contributed by atoms with E-state index in [1.165, 1.54) is 5.56 Å². The number of Topliss-reactive ketones (excluding diaryl/α,β-unsaturated/α-hetero) is 1. The highest BCUT2D eigenvalue weighted by molar-refractivity contribution is 7.23. The minimum absolute atomic E-state index is 0.0456. The van der Waals surface area contributed by atoms with Crippen LogP contribution in [-0.2, 0) is 19.3 Å². The Kier molecular flexibility index (Phi) is 12.5. The predicted octanol–water partition coefficient (Wildman–Crippen LogP) is 7.86. The van der Waals surface area contributed by atoms with Crippen molar-refractivity contribution in [2.45, 2.75) is 89.7 Å². The van der Waals surface area contributed by atoms with Crippen LogP contribution < -0.4 is 21.7 Å². The molecule has 7 bridgehead atoms. The van der Waals surface area contributed by atoms with Crippen LogP contribution in [0.2, 0.25) is 0 Å². The van der Waals surface area contributed by atoms with Crippen molar-refractivity contribution >= 4 is 40.1 Å². The van der Waals surface area contributed by atoms with Gasteiger partial charge in [0.2, 0.25) is 0 Å². The van der Waals surface area contributed by atoms with Gasteiger partial charge in [-0.25, -0.2) is 0 Å². The highest BCUT2D eigenvalue weighted by Gasteiger charge is 2.66. The van der Waals surface area contributed by atoms with Crippen molar-refractivity contribution in [2.75, 3.05) is 39.1 Å². The molecular weight excluding hydrogens is 835 g/mol. The quantitative estimate of drug-likeness (QED) is 0.0429. The van der Waals surface area contributed by atoms with Gasteiger partial charge in [0, 0.05) is 60.3 Å². The summed E-state index contributed by atoms with van der Waals surface area (Å²) in [5, 5.41) is 45.4. The number of rotatable bonds is 7. The van der Waals surface area contributed by atoms with Crippen LogP contribution in [0.5, 0.6) is 5.75 Å². The lowest BCUT2D eigenvalue weighted by Crippen LogP contribution is -2.50. The Balaban J connectivity index is 1.24. The Bertz CT molecular complexity index is 2560. The number of carbonyl (C=O) groups is 1. The van der Waals surface area contributed by atoms with Crippen LogP contribution in [0.25, 0.3) is 9.75 Å². The summed E-state index contributed by atoms with van der Waals surface area (Å²) in [4.78, 5) is 23.9. The Morgan fingerprint density at radius 3 is 2.66 bits per heavy atom. The van der Waals surface area contributed by atoms with Gasteiger partial charge in [-0.2, -0.15) is 0 Å². The number of aliphatic hydroxyl groups is 2. The van der Waals surface area contributed by atoms with E-state index in [2.05, 4.69) is 87.1 Å². The highest BCUT2D eigenvalue weighted by atomic mass is 32.1. The van der Waals surface area contributed by atoms with Crippen LogP contribution in [0.3, 0.4) is 0 Å². The first-order valence-electron chi connectivity index (χ1n) is 23.2. The molecule has 0 saturated heterocycles. The lowest BCUT2D eigenvalue weighted by molar-refractivity contribution is 0.0159. The van der Waals surface area contributed by atoms with Gasteiger partial charge in [-0.1, -0.05) is 42.0 Å². The molecule has 11 heteroatoms.